The summed E-state index contributed by atoms with van der Waals surface area (Å²) >= 11 is 0. The van der Waals surface area contributed by atoms with Gasteiger partial charge in [0.05, 0.1) is 13.5 Å². The van der Waals surface area contributed by atoms with Crippen LogP contribution in [0.5, 0.6) is 11.5 Å². The zero-order valence-corrected chi connectivity index (χ0v) is 22.8. The fourth-order valence-corrected chi connectivity index (χ4v) is 4.86. The molecule has 208 valence electrons. The summed E-state index contributed by atoms with van der Waals surface area (Å²) in [5, 5.41) is 9.36. The Hall–Kier alpha value is -3.48. The fraction of sp³-hybridized carbons (Fsp3) is 0.406. The lowest BCUT2D eigenvalue weighted by Gasteiger charge is -2.27. The molecule has 0 aromatic heterocycles. The average molecular weight is 541 g/mol. The SMILES string of the molecule is COc1ccc(F)c(-c2ccc(COc3cccc([C@@H](CC(=O)O)CC4CC4)c3F)cc2[C@@H](F)C(C)(C)C)c1. The molecule has 2 atom stereocenters. The number of benzene rings is 3. The molecule has 1 aliphatic carbocycles. The second-order valence-corrected chi connectivity index (χ2v) is 11.4. The molecule has 4 nitrogen and oxygen atoms in total. The lowest BCUT2D eigenvalue weighted by atomic mass is 9.82. The minimum atomic E-state index is -1.42. The van der Waals surface area contributed by atoms with Crippen LogP contribution >= 0.6 is 0 Å². The predicted molar refractivity (Wildman–Crippen MR) is 145 cm³/mol. The van der Waals surface area contributed by atoms with Crippen LogP contribution in [0.25, 0.3) is 11.1 Å². The summed E-state index contributed by atoms with van der Waals surface area (Å²) in [6.07, 6.45) is 1.14. The van der Waals surface area contributed by atoms with Crippen molar-refractivity contribution >= 4 is 5.97 Å². The van der Waals surface area contributed by atoms with Crippen molar-refractivity contribution in [3.05, 3.63) is 82.9 Å². The van der Waals surface area contributed by atoms with Gasteiger partial charge in [-0.15, -0.1) is 0 Å². The quantitative estimate of drug-likeness (QED) is 0.264. The Morgan fingerprint density at radius 2 is 1.77 bits per heavy atom. The number of carboxylic acids is 1. The highest BCUT2D eigenvalue weighted by Crippen LogP contribution is 2.43. The van der Waals surface area contributed by atoms with Crippen LogP contribution in [0, 0.1) is 23.0 Å². The lowest BCUT2D eigenvalue weighted by molar-refractivity contribution is -0.137. The minimum Gasteiger partial charge on any atom is -0.497 e. The van der Waals surface area contributed by atoms with Gasteiger partial charge in [0.1, 0.15) is 24.3 Å². The second-order valence-electron chi connectivity index (χ2n) is 11.4. The second kappa shape index (κ2) is 11.7. The van der Waals surface area contributed by atoms with E-state index >= 15 is 8.78 Å². The molecule has 0 bridgehead atoms. The number of hydrogen-bond donors (Lipinski definition) is 1. The van der Waals surface area contributed by atoms with E-state index in [9.17, 15) is 14.3 Å². The van der Waals surface area contributed by atoms with Gasteiger partial charge >= 0.3 is 5.97 Å². The van der Waals surface area contributed by atoms with E-state index in [1.54, 1.807) is 51.1 Å². The number of ether oxygens (including phenoxy) is 2. The van der Waals surface area contributed by atoms with Gasteiger partial charge in [-0.2, -0.15) is 0 Å². The molecule has 1 fully saturated rings. The number of carboxylic acid groups (broad SMARTS) is 1. The minimum absolute atomic E-state index is 0.00997. The van der Waals surface area contributed by atoms with Crippen molar-refractivity contribution in [3.8, 4) is 22.6 Å². The molecule has 0 spiro atoms. The van der Waals surface area contributed by atoms with E-state index in [0.29, 0.717) is 40.3 Å². The first-order valence-corrected chi connectivity index (χ1v) is 13.2. The lowest BCUT2D eigenvalue weighted by Crippen LogP contribution is -2.15. The summed E-state index contributed by atoms with van der Waals surface area (Å²) in [5.41, 5.74) is 1.10. The van der Waals surface area contributed by atoms with Crippen LogP contribution in [0.4, 0.5) is 13.2 Å². The molecule has 0 saturated heterocycles. The number of alkyl halides is 1. The van der Waals surface area contributed by atoms with Crippen molar-refractivity contribution in [2.45, 2.75) is 65.2 Å². The first kappa shape index (κ1) is 28.5. The third kappa shape index (κ3) is 6.94. The number of carbonyl (C=O) groups is 1. The Kier molecular flexibility index (Phi) is 8.57. The smallest absolute Gasteiger partial charge is 0.303 e. The summed E-state index contributed by atoms with van der Waals surface area (Å²) in [4.78, 5) is 11.4. The van der Waals surface area contributed by atoms with Crippen LogP contribution in [0.2, 0.25) is 0 Å². The van der Waals surface area contributed by atoms with Gasteiger partial charge in [0.2, 0.25) is 0 Å². The summed E-state index contributed by atoms with van der Waals surface area (Å²) in [6, 6.07) is 14.1. The summed E-state index contributed by atoms with van der Waals surface area (Å²) in [6.45, 7) is 5.26. The van der Waals surface area contributed by atoms with E-state index < -0.39 is 35.1 Å². The zero-order chi connectivity index (χ0) is 28.3. The van der Waals surface area contributed by atoms with Crippen molar-refractivity contribution in [2.75, 3.05) is 7.11 Å². The van der Waals surface area contributed by atoms with Crippen molar-refractivity contribution in [2.24, 2.45) is 11.3 Å². The maximum atomic E-state index is 15.8. The zero-order valence-electron chi connectivity index (χ0n) is 22.8. The van der Waals surface area contributed by atoms with E-state index in [0.717, 1.165) is 12.8 Å². The number of aliphatic carboxylic acids is 1. The molecule has 4 rings (SSSR count). The number of hydrogen-bond acceptors (Lipinski definition) is 3. The Morgan fingerprint density at radius 1 is 1.03 bits per heavy atom. The molecule has 1 N–H and O–H groups in total. The molecule has 7 heteroatoms. The van der Waals surface area contributed by atoms with Gasteiger partial charge in [-0.1, -0.05) is 57.9 Å². The van der Waals surface area contributed by atoms with Crippen molar-refractivity contribution in [1.82, 2.24) is 0 Å². The van der Waals surface area contributed by atoms with E-state index in [1.807, 2.05) is 0 Å². The first-order valence-electron chi connectivity index (χ1n) is 13.2. The summed E-state index contributed by atoms with van der Waals surface area (Å²) in [5.74, 6) is -1.57. The molecule has 0 aliphatic heterocycles. The molecular formula is C32H35F3O4. The number of rotatable bonds is 11. The molecule has 0 unspecified atom stereocenters. The number of halogens is 3. The monoisotopic (exact) mass is 540 g/mol. The molecule has 0 radical (unpaired) electrons. The van der Waals surface area contributed by atoms with Crippen LogP contribution in [-0.2, 0) is 11.4 Å². The Morgan fingerprint density at radius 3 is 2.41 bits per heavy atom. The molecule has 1 aliphatic rings. The third-order valence-electron chi connectivity index (χ3n) is 7.18. The van der Waals surface area contributed by atoms with Crippen LogP contribution in [-0.4, -0.2) is 18.2 Å². The molecule has 3 aromatic carbocycles. The van der Waals surface area contributed by atoms with Crippen molar-refractivity contribution in [1.29, 1.82) is 0 Å². The average Bonchev–Trinajstić information content (AvgIpc) is 3.71. The largest absolute Gasteiger partial charge is 0.497 e. The van der Waals surface area contributed by atoms with Crippen molar-refractivity contribution < 1.29 is 32.5 Å². The topological polar surface area (TPSA) is 55.8 Å². The Bertz CT molecular complexity index is 1330. The fourth-order valence-electron chi connectivity index (χ4n) is 4.86. The van der Waals surface area contributed by atoms with Gasteiger partial charge in [-0.3, -0.25) is 4.79 Å². The van der Waals surface area contributed by atoms with Crippen LogP contribution in [0.15, 0.2) is 54.6 Å². The molecule has 0 amide bonds. The van der Waals surface area contributed by atoms with Gasteiger partial charge in [0.15, 0.2) is 11.6 Å². The third-order valence-corrected chi connectivity index (χ3v) is 7.18. The first-order chi connectivity index (χ1) is 18.5. The van der Waals surface area contributed by atoms with Gasteiger partial charge < -0.3 is 14.6 Å². The maximum absolute atomic E-state index is 15.8. The van der Waals surface area contributed by atoms with Crippen LogP contribution < -0.4 is 9.47 Å². The van der Waals surface area contributed by atoms with Crippen molar-refractivity contribution in [3.63, 3.8) is 0 Å². The molecule has 0 heterocycles. The highest BCUT2D eigenvalue weighted by atomic mass is 19.1. The molecule has 39 heavy (non-hydrogen) atoms. The van der Waals surface area contributed by atoms with E-state index in [1.165, 1.54) is 31.4 Å². The molecular weight excluding hydrogens is 505 g/mol. The standard InChI is InChI=1S/C32H35F3O4/c1-32(2,3)31(35)26-15-20(10-12-24(26)25-17-22(38-4)11-13-27(25)33)18-39-28-7-5-6-23(30(28)34)21(16-29(36)37)14-19-8-9-19/h5-7,10-13,15,17,19,21,31H,8-9,14,16,18H2,1-4H3,(H,36,37)/t21-,31-/m1/s1. The van der Waals surface area contributed by atoms with Gasteiger partial charge in [-0.05, 0) is 76.3 Å². The summed E-state index contributed by atoms with van der Waals surface area (Å²) in [7, 11) is 1.48. The molecule has 1 saturated carbocycles. The normalized spacial score (nSPS) is 15.1. The Balaban J connectivity index is 1.63. The van der Waals surface area contributed by atoms with Gasteiger partial charge in [-0.25, -0.2) is 13.2 Å². The van der Waals surface area contributed by atoms with E-state index in [-0.39, 0.29) is 24.3 Å². The highest BCUT2D eigenvalue weighted by molar-refractivity contribution is 5.71. The molecule has 3 aromatic rings. The predicted octanol–water partition coefficient (Wildman–Crippen LogP) is 8.63. The number of methoxy groups -OCH3 is 1. The van der Waals surface area contributed by atoms with Gasteiger partial charge in [0.25, 0.3) is 0 Å². The summed E-state index contributed by atoms with van der Waals surface area (Å²) < 4.78 is 57.1. The Labute approximate surface area is 227 Å². The van der Waals surface area contributed by atoms with Gasteiger partial charge in [0, 0.05) is 5.56 Å². The maximum Gasteiger partial charge on any atom is 0.303 e. The van der Waals surface area contributed by atoms with Crippen LogP contribution in [0.3, 0.4) is 0 Å². The van der Waals surface area contributed by atoms with E-state index in [4.69, 9.17) is 9.47 Å². The van der Waals surface area contributed by atoms with Crippen LogP contribution in [0.1, 0.15) is 75.2 Å². The van der Waals surface area contributed by atoms with E-state index in [2.05, 4.69) is 0 Å². The highest BCUT2D eigenvalue weighted by Gasteiger charge is 2.31.